The number of carbonyl (C=O) groups excluding carboxylic acids is 1. The minimum atomic E-state index is -1.04. The molecule has 4 heterocycles. The maximum atomic E-state index is 13.4. The molecule has 0 saturated heterocycles. The SMILES string of the molecule is CN1C(=O)C(c2ccc3c(c2)OCO3)[C@@](C)(c2nc(-c3cncc(C#N)c3)cs2)N=C1N. The van der Waals surface area contributed by atoms with Gasteiger partial charge in [0.15, 0.2) is 17.5 Å². The van der Waals surface area contributed by atoms with Crippen molar-refractivity contribution in [2.75, 3.05) is 13.8 Å². The van der Waals surface area contributed by atoms with E-state index in [1.165, 1.54) is 22.4 Å². The summed E-state index contributed by atoms with van der Waals surface area (Å²) in [6.07, 6.45) is 3.14. The van der Waals surface area contributed by atoms with Crippen LogP contribution in [0.5, 0.6) is 11.5 Å². The zero-order chi connectivity index (χ0) is 22.5. The highest BCUT2D eigenvalue weighted by atomic mass is 32.1. The van der Waals surface area contributed by atoms with Crippen molar-refractivity contribution in [3.8, 4) is 28.8 Å². The molecule has 2 aliphatic heterocycles. The first-order valence-corrected chi connectivity index (χ1v) is 10.6. The van der Waals surface area contributed by atoms with Crippen molar-refractivity contribution in [3.63, 3.8) is 0 Å². The topological polar surface area (TPSA) is 127 Å². The summed E-state index contributed by atoms with van der Waals surface area (Å²) in [5, 5.41) is 11.7. The number of benzene rings is 1. The van der Waals surface area contributed by atoms with Crippen molar-refractivity contribution < 1.29 is 14.3 Å². The van der Waals surface area contributed by atoms with Gasteiger partial charge in [0, 0.05) is 30.4 Å². The van der Waals surface area contributed by atoms with Gasteiger partial charge in [-0.15, -0.1) is 11.3 Å². The van der Waals surface area contributed by atoms with Gasteiger partial charge in [-0.25, -0.2) is 9.98 Å². The molecule has 2 atom stereocenters. The van der Waals surface area contributed by atoms with Gasteiger partial charge in [-0.05, 0) is 30.7 Å². The van der Waals surface area contributed by atoms with Crippen molar-refractivity contribution in [2.24, 2.45) is 10.7 Å². The number of nitrogens with two attached hydrogens (primary N) is 1. The van der Waals surface area contributed by atoms with Gasteiger partial charge in [-0.2, -0.15) is 5.26 Å². The lowest BCUT2D eigenvalue weighted by atomic mass is 9.79. The van der Waals surface area contributed by atoms with Gasteiger partial charge in [0.05, 0.1) is 17.2 Å². The normalized spacial score (nSPS) is 21.9. The summed E-state index contributed by atoms with van der Waals surface area (Å²) in [7, 11) is 1.60. The zero-order valence-corrected chi connectivity index (χ0v) is 18.1. The lowest BCUT2D eigenvalue weighted by Crippen LogP contribution is -2.52. The average molecular weight is 446 g/mol. The lowest BCUT2D eigenvalue weighted by Gasteiger charge is -2.39. The number of hydrogen-bond donors (Lipinski definition) is 1. The molecule has 2 N–H and O–H groups in total. The van der Waals surface area contributed by atoms with Crippen molar-refractivity contribution in [1.82, 2.24) is 14.9 Å². The van der Waals surface area contributed by atoms with E-state index in [9.17, 15) is 4.79 Å². The first-order valence-electron chi connectivity index (χ1n) is 9.74. The average Bonchev–Trinajstić information content (AvgIpc) is 3.47. The molecule has 32 heavy (non-hydrogen) atoms. The van der Waals surface area contributed by atoms with Crippen LogP contribution in [0.3, 0.4) is 0 Å². The minimum Gasteiger partial charge on any atom is -0.454 e. The fourth-order valence-corrected chi connectivity index (χ4v) is 4.90. The van der Waals surface area contributed by atoms with Gasteiger partial charge in [0.1, 0.15) is 16.6 Å². The summed E-state index contributed by atoms with van der Waals surface area (Å²) in [5.74, 6) is 0.485. The second-order valence-corrected chi connectivity index (χ2v) is 8.53. The quantitative estimate of drug-likeness (QED) is 0.655. The summed E-state index contributed by atoms with van der Waals surface area (Å²) in [5.41, 5.74) is 7.61. The molecule has 1 amide bonds. The minimum absolute atomic E-state index is 0.124. The number of aromatic nitrogens is 2. The summed E-state index contributed by atoms with van der Waals surface area (Å²) in [4.78, 5) is 28.4. The maximum absolute atomic E-state index is 13.4. The van der Waals surface area contributed by atoms with Crippen LogP contribution in [0.1, 0.15) is 29.0 Å². The molecule has 160 valence electrons. The number of pyridine rings is 1. The highest BCUT2D eigenvalue weighted by molar-refractivity contribution is 7.10. The molecule has 0 spiro atoms. The number of likely N-dealkylation sites (N-methyl/N-ethyl adjacent to an activating group) is 1. The smallest absolute Gasteiger partial charge is 0.239 e. The predicted molar refractivity (Wildman–Crippen MR) is 117 cm³/mol. The van der Waals surface area contributed by atoms with E-state index < -0.39 is 11.5 Å². The number of guanidine groups is 1. The Morgan fingerprint density at radius 2 is 2.09 bits per heavy atom. The second-order valence-electron chi connectivity index (χ2n) is 7.67. The number of aliphatic imine (C=N–C) groups is 1. The Labute approximate surface area is 187 Å². The van der Waals surface area contributed by atoms with Gasteiger partial charge in [0.25, 0.3) is 0 Å². The Morgan fingerprint density at radius 3 is 2.91 bits per heavy atom. The third kappa shape index (κ3) is 3.06. The molecule has 0 bridgehead atoms. The summed E-state index contributed by atoms with van der Waals surface area (Å²) < 4.78 is 10.9. The number of amides is 1. The molecule has 0 saturated carbocycles. The van der Waals surface area contributed by atoms with Crippen molar-refractivity contribution >= 4 is 23.2 Å². The third-order valence-electron chi connectivity index (χ3n) is 5.66. The van der Waals surface area contributed by atoms with E-state index >= 15 is 0 Å². The summed E-state index contributed by atoms with van der Waals surface area (Å²) >= 11 is 1.38. The molecule has 10 heteroatoms. The number of nitriles is 1. The Bertz CT molecular complexity index is 1310. The van der Waals surface area contributed by atoms with E-state index in [0.29, 0.717) is 33.3 Å². The molecule has 0 fully saturated rings. The van der Waals surface area contributed by atoms with E-state index in [1.54, 1.807) is 25.4 Å². The van der Waals surface area contributed by atoms with E-state index in [4.69, 9.17) is 30.4 Å². The maximum Gasteiger partial charge on any atom is 0.239 e. The number of hydrogen-bond acceptors (Lipinski definition) is 9. The van der Waals surface area contributed by atoms with Crippen molar-refractivity contribution in [3.05, 3.63) is 58.2 Å². The zero-order valence-electron chi connectivity index (χ0n) is 17.3. The Kier molecular flexibility index (Phi) is 4.56. The Morgan fingerprint density at radius 1 is 1.28 bits per heavy atom. The first-order chi connectivity index (χ1) is 15.4. The molecule has 1 unspecified atom stereocenters. The van der Waals surface area contributed by atoms with Crippen LogP contribution in [0.15, 0.2) is 47.0 Å². The number of thiazole rings is 1. The Balaban J connectivity index is 1.62. The highest BCUT2D eigenvalue weighted by Gasteiger charge is 2.49. The number of rotatable bonds is 3. The molecule has 3 aromatic rings. The van der Waals surface area contributed by atoms with E-state index in [2.05, 4.69) is 11.1 Å². The van der Waals surface area contributed by atoms with Crippen LogP contribution in [-0.4, -0.2) is 40.6 Å². The van der Waals surface area contributed by atoms with Crippen molar-refractivity contribution in [2.45, 2.75) is 18.4 Å². The standard InChI is InChI=1S/C22H18N6O3S/c1-22(20-26-15(10-32-20)14-5-12(7-23)8-25-9-14)18(19(29)28(2)21(24)27-22)13-3-4-16-17(6-13)31-11-30-16/h3-6,8-10,18H,11H2,1-2H3,(H2,24,27)/t18?,22-/m0/s1. The fraction of sp³-hybridized carbons (Fsp3) is 0.227. The molecular weight excluding hydrogens is 428 g/mol. The summed E-state index contributed by atoms with van der Waals surface area (Å²) in [6, 6.07) is 9.25. The number of ether oxygens (including phenoxy) is 2. The molecule has 1 aromatic carbocycles. The molecule has 2 aliphatic rings. The van der Waals surface area contributed by atoms with Crippen molar-refractivity contribution in [1.29, 1.82) is 5.26 Å². The Hall–Kier alpha value is -3.97. The number of nitrogens with zero attached hydrogens (tertiary/aromatic N) is 5. The lowest BCUT2D eigenvalue weighted by molar-refractivity contribution is -0.130. The van der Waals surface area contributed by atoms with Crippen LogP contribution in [0.4, 0.5) is 0 Å². The fourth-order valence-electron chi connectivity index (χ4n) is 3.94. The van der Waals surface area contributed by atoms with Gasteiger partial charge in [-0.3, -0.25) is 14.7 Å². The van der Waals surface area contributed by atoms with Crippen LogP contribution in [0.2, 0.25) is 0 Å². The first kappa shape index (κ1) is 20.0. The molecule has 9 nitrogen and oxygen atoms in total. The molecule has 0 radical (unpaired) electrons. The van der Waals surface area contributed by atoms with Gasteiger partial charge < -0.3 is 15.2 Å². The van der Waals surface area contributed by atoms with E-state index in [0.717, 1.165) is 5.56 Å². The molecule has 0 aliphatic carbocycles. The van der Waals surface area contributed by atoms with Crippen LogP contribution >= 0.6 is 11.3 Å². The van der Waals surface area contributed by atoms with Gasteiger partial charge >= 0.3 is 0 Å². The number of fused-ring (bicyclic) bond motifs is 1. The number of carbonyl (C=O) groups is 1. The molecule has 2 aromatic heterocycles. The van der Waals surface area contributed by atoms with E-state index in [1.807, 2.05) is 24.4 Å². The highest BCUT2D eigenvalue weighted by Crippen LogP contribution is 2.47. The van der Waals surface area contributed by atoms with Crippen LogP contribution in [0, 0.1) is 11.3 Å². The largest absolute Gasteiger partial charge is 0.454 e. The monoisotopic (exact) mass is 446 g/mol. The third-order valence-corrected chi connectivity index (χ3v) is 6.73. The van der Waals surface area contributed by atoms with Crippen LogP contribution in [0.25, 0.3) is 11.3 Å². The van der Waals surface area contributed by atoms with E-state index in [-0.39, 0.29) is 18.7 Å². The second kappa shape index (κ2) is 7.32. The summed E-state index contributed by atoms with van der Waals surface area (Å²) in [6.45, 7) is 2.00. The molecular formula is C22H18N6O3S. The predicted octanol–water partition coefficient (Wildman–Crippen LogP) is 2.59. The van der Waals surface area contributed by atoms with Crippen LogP contribution < -0.4 is 15.2 Å². The molecule has 5 rings (SSSR count). The van der Waals surface area contributed by atoms with Crippen LogP contribution in [-0.2, 0) is 10.3 Å². The van der Waals surface area contributed by atoms with Gasteiger partial charge in [-0.1, -0.05) is 6.07 Å². The van der Waals surface area contributed by atoms with Gasteiger partial charge in [0.2, 0.25) is 12.7 Å².